The number of aryl methyl sites for hydroxylation is 1. The summed E-state index contributed by atoms with van der Waals surface area (Å²) in [7, 11) is -3.61. The van der Waals surface area contributed by atoms with Gasteiger partial charge in [-0.25, -0.2) is 8.42 Å². The van der Waals surface area contributed by atoms with Gasteiger partial charge in [-0.15, -0.1) is 11.8 Å². The van der Waals surface area contributed by atoms with Gasteiger partial charge in [0.1, 0.15) is 4.87 Å². The average molecular weight is 427 g/mol. The van der Waals surface area contributed by atoms with E-state index in [1.807, 2.05) is 26.8 Å². The molecule has 0 saturated heterocycles. The summed E-state index contributed by atoms with van der Waals surface area (Å²) in [6.07, 6.45) is 5.03. The lowest BCUT2D eigenvalue weighted by atomic mass is 10.1. The first-order valence-electron chi connectivity index (χ1n) is 9.71. The lowest BCUT2D eigenvalue weighted by Gasteiger charge is -2.24. The Labute approximate surface area is 172 Å². The highest BCUT2D eigenvalue weighted by molar-refractivity contribution is 8.02. The number of aliphatic imine (C=N–C) groups is 1. The van der Waals surface area contributed by atoms with Gasteiger partial charge in [-0.1, -0.05) is 25.0 Å². The van der Waals surface area contributed by atoms with Crippen LogP contribution in [0, 0.1) is 0 Å². The number of benzene rings is 1. The minimum atomic E-state index is -3.61. The molecule has 0 radical (unpaired) electrons. The molecule has 0 amide bonds. The highest BCUT2D eigenvalue weighted by atomic mass is 32.2. The Balaban J connectivity index is 1.84. The second-order valence-corrected chi connectivity index (χ2v) is 10.1. The Morgan fingerprint density at radius 3 is 2.71 bits per heavy atom. The maximum atomic E-state index is 12.8. The summed E-state index contributed by atoms with van der Waals surface area (Å²) in [5, 5.41) is 0. The molecule has 0 saturated carbocycles. The predicted octanol–water partition coefficient (Wildman–Crippen LogP) is 3.90. The van der Waals surface area contributed by atoms with Crippen molar-refractivity contribution >= 4 is 33.5 Å². The lowest BCUT2D eigenvalue weighted by molar-refractivity contribution is -0.143. The number of sulfonamides is 1. The number of nitrogens with one attached hydrogen (secondary N) is 1. The first-order valence-corrected chi connectivity index (χ1v) is 12.2. The molecule has 1 aliphatic rings. The van der Waals surface area contributed by atoms with E-state index in [-0.39, 0.29) is 10.9 Å². The predicted molar refractivity (Wildman–Crippen MR) is 114 cm³/mol. The molecule has 0 bridgehead atoms. The molecule has 0 aromatic heterocycles. The SMILES string of the molecule is CCOC(=O)CCCCCCc1cccc(S(=O)(=O)NC2(C)SCN=C2C)c1. The maximum absolute atomic E-state index is 12.8. The molecule has 1 aromatic carbocycles. The van der Waals surface area contributed by atoms with Gasteiger partial charge < -0.3 is 4.74 Å². The second kappa shape index (κ2) is 10.4. The second-order valence-electron chi connectivity index (χ2n) is 7.02. The van der Waals surface area contributed by atoms with Gasteiger partial charge in [-0.2, -0.15) is 4.72 Å². The molecule has 0 aliphatic carbocycles. The summed E-state index contributed by atoms with van der Waals surface area (Å²) < 4.78 is 33.3. The number of thioether (sulfide) groups is 1. The Bertz CT molecular complexity index is 808. The number of hydrogen-bond acceptors (Lipinski definition) is 6. The first kappa shape index (κ1) is 22.9. The zero-order valence-electron chi connectivity index (χ0n) is 16.9. The van der Waals surface area contributed by atoms with Crippen molar-refractivity contribution in [2.45, 2.75) is 69.1 Å². The van der Waals surface area contributed by atoms with Gasteiger partial charge in [-0.3, -0.25) is 9.79 Å². The molecule has 6 nitrogen and oxygen atoms in total. The van der Waals surface area contributed by atoms with Crippen molar-refractivity contribution in [2.75, 3.05) is 12.5 Å². The van der Waals surface area contributed by atoms with E-state index in [1.54, 1.807) is 18.2 Å². The van der Waals surface area contributed by atoms with E-state index in [2.05, 4.69) is 9.71 Å². The fourth-order valence-electron chi connectivity index (χ4n) is 2.99. The van der Waals surface area contributed by atoms with Crippen LogP contribution in [0.4, 0.5) is 0 Å². The summed E-state index contributed by atoms with van der Waals surface area (Å²) in [5.74, 6) is 0.434. The minimum Gasteiger partial charge on any atom is -0.466 e. The normalized spacial score (nSPS) is 19.5. The van der Waals surface area contributed by atoms with Crippen molar-refractivity contribution < 1.29 is 17.9 Å². The maximum Gasteiger partial charge on any atom is 0.305 e. The number of unbranched alkanes of at least 4 members (excludes halogenated alkanes) is 3. The number of carbonyl (C=O) groups is 1. The fraction of sp³-hybridized carbons (Fsp3) is 0.600. The number of ether oxygens (including phenoxy) is 1. The van der Waals surface area contributed by atoms with Crippen LogP contribution < -0.4 is 4.72 Å². The Morgan fingerprint density at radius 2 is 2.04 bits per heavy atom. The lowest BCUT2D eigenvalue weighted by Crippen LogP contribution is -2.46. The molecule has 28 heavy (non-hydrogen) atoms. The fourth-order valence-corrected chi connectivity index (χ4v) is 5.68. The van der Waals surface area contributed by atoms with Crippen molar-refractivity contribution in [3.8, 4) is 0 Å². The quantitative estimate of drug-likeness (QED) is 0.428. The highest BCUT2D eigenvalue weighted by Crippen LogP contribution is 2.31. The molecule has 1 N–H and O–H groups in total. The van der Waals surface area contributed by atoms with E-state index in [1.165, 1.54) is 11.8 Å². The van der Waals surface area contributed by atoms with Crippen LogP contribution in [0.5, 0.6) is 0 Å². The zero-order chi connectivity index (χ0) is 20.6. The summed E-state index contributed by atoms with van der Waals surface area (Å²) in [4.78, 5) is 15.2. The minimum absolute atomic E-state index is 0.137. The summed E-state index contributed by atoms with van der Waals surface area (Å²) in [5.41, 5.74) is 1.79. The number of rotatable bonds is 11. The molecule has 1 aromatic rings. The van der Waals surface area contributed by atoms with Gasteiger partial charge in [0.15, 0.2) is 0 Å². The van der Waals surface area contributed by atoms with Crippen LogP contribution in [0.3, 0.4) is 0 Å². The first-order chi connectivity index (χ1) is 13.3. The van der Waals surface area contributed by atoms with E-state index < -0.39 is 14.9 Å². The Kier molecular flexibility index (Phi) is 8.52. The summed E-state index contributed by atoms with van der Waals surface area (Å²) >= 11 is 1.48. The summed E-state index contributed by atoms with van der Waals surface area (Å²) in [6, 6.07) is 7.11. The third-order valence-electron chi connectivity index (χ3n) is 4.78. The van der Waals surface area contributed by atoms with Gasteiger partial charge in [0.2, 0.25) is 10.0 Å². The number of nitrogens with zero attached hydrogens (tertiary/aromatic N) is 1. The molecule has 2 rings (SSSR count). The van der Waals surface area contributed by atoms with Crippen LogP contribution in [0.25, 0.3) is 0 Å². The molecule has 0 fully saturated rings. The molecule has 8 heteroatoms. The molecular formula is C20H30N2O4S2. The van der Waals surface area contributed by atoms with Crippen molar-refractivity contribution in [3.05, 3.63) is 29.8 Å². The van der Waals surface area contributed by atoms with E-state index in [0.717, 1.165) is 43.4 Å². The molecule has 156 valence electrons. The van der Waals surface area contributed by atoms with E-state index in [9.17, 15) is 13.2 Å². The van der Waals surface area contributed by atoms with Crippen LogP contribution in [0.2, 0.25) is 0 Å². The van der Waals surface area contributed by atoms with Crippen LogP contribution in [-0.2, 0) is 26.0 Å². The van der Waals surface area contributed by atoms with E-state index in [0.29, 0.717) is 18.9 Å². The van der Waals surface area contributed by atoms with Crippen molar-refractivity contribution in [1.29, 1.82) is 0 Å². The van der Waals surface area contributed by atoms with Gasteiger partial charge in [0.05, 0.1) is 17.4 Å². The summed E-state index contributed by atoms with van der Waals surface area (Å²) in [6.45, 7) is 5.93. The molecule has 1 unspecified atom stereocenters. The van der Waals surface area contributed by atoms with Gasteiger partial charge in [0.25, 0.3) is 0 Å². The van der Waals surface area contributed by atoms with E-state index >= 15 is 0 Å². The van der Waals surface area contributed by atoms with Crippen molar-refractivity contribution in [3.63, 3.8) is 0 Å². The topological polar surface area (TPSA) is 84.8 Å². The standard InChI is InChI=1S/C20H30N2O4S2/c1-4-26-19(23)13-8-6-5-7-10-17-11-9-12-18(14-17)28(24,25)22-20(3)16(2)21-15-27-20/h9,11-12,14,22H,4-8,10,13,15H2,1-3H3. The van der Waals surface area contributed by atoms with Gasteiger partial charge in [0, 0.05) is 12.1 Å². The van der Waals surface area contributed by atoms with Gasteiger partial charge in [-0.05, 0) is 57.7 Å². The Morgan fingerprint density at radius 1 is 1.29 bits per heavy atom. The van der Waals surface area contributed by atoms with Crippen LogP contribution in [0.15, 0.2) is 34.2 Å². The van der Waals surface area contributed by atoms with Crippen molar-refractivity contribution in [2.24, 2.45) is 4.99 Å². The third kappa shape index (κ3) is 6.60. The Hall–Kier alpha value is -1.38. The average Bonchev–Trinajstić information content (AvgIpc) is 2.96. The number of carbonyl (C=O) groups excluding carboxylic acids is 1. The smallest absolute Gasteiger partial charge is 0.305 e. The van der Waals surface area contributed by atoms with Crippen LogP contribution in [-0.4, -0.2) is 37.5 Å². The van der Waals surface area contributed by atoms with E-state index in [4.69, 9.17) is 4.74 Å². The number of hydrogen-bond donors (Lipinski definition) is 1. The monoisotopic (exact) mass is 426 g/mol. The van der Waals surface area contributed by atoms with Crippen LogP contribution >= 0.6 is 11.8 Å². The molecule has 1 aliphatic heterocycles. The number of esters is 1. The molecule has 1 atom stereocenters. The van der Waals surface area contributed by atoms with Crippen molar-refractivity contribution in [1.82, 2.24) is 4.72 Å². The highest BCUT2D eigenvalue weighted by Gasteiger charge is 2.37. The third-order valence-corrected chi connectivity index (χ3v) is 7.70. The zero-order valence-corrected chi connectivity index (χ0v) is 18.5. The molecular weight excluding hydrogens is 396 g/mol. The van der Waals surface area contributed by atoms with Crippen LogP contribution in [0.1, 0.15) is 58.4 Å². The molecule has 0 spiro atoms. The largest absolute Gasteiger partial charge is 0.466 e. The molecule has 1 heterocycles. The van der Waals surface area contributed by atoms with Gasteiger partial charge >= 0.3 is 5.97 Å².